The number of allylic oxidation sites excluding steroid dienone is 6. The molecule has 0 N–H and O–H groups in total. The van der Waals surface area contributed by atoms with Crippen LogP contribution in [0.5, 0.6) is 0 Å². The lowest BCUT2D eigenvalue weighted by molar-refractivity contribution is 0.543. The van der Waals surface area contributed by atoms with E-state index >= 15 is 0 Å². The van der Waals surface area contributed by atoms with Crippen molar-refractivity contribution in [3.8, 4) is 0 Å². The minimum Gasteiger partial charge on any atom is -0.246 e. The standard InChI is InChI=1S/C12H19F/c1-5-7-12(11(4)6-2)8-10(3)9-13/h6-8H,5,9H2,1-4H3/b10-8-,11-6+,12-7+. The van der Waals surface area contributed by atoms with E-state index in [1.165, 1.54) is 5.57 Å². The van der Waals surface area contributed by atoms with Crippen LogP contribution in [-0.4, -0.2) is 6.67 Å². The second-order valence-corrected chi connectivity index (χ2v) is 3.16. The fourth-order valence-corrected chi connectivity index (χ4v) is 1.02. The van der Waals surface area contributed by atoms with Gasteiger partial charge in [-0.25, -0.2) is 4.39 Å². The second-order valence-electron chi connectivity index (χ2n) is 3.16. The molecule has 0 radical (unpaired) electrons. The van der Waals surface area contributed by atoms with E-state index < -0.39 is 0 Å². The van der Waals surface area contributed by atoms with Crippen molar-refractivity contribution in [1.82, 2.24) is 0 Å². The van der Waals surface area contributed by atoms with Crippen molar-refractivity contribution in [1.29, 1.82) is 0 Å². The van der Waals surface area contributed by atoms with Crippen molar-refractivity contribution in [2.24, 2.45) is 0 Å². The summed E-state index contributed by atoms with van der Waals surface area (Å²) in [6.45, 7) is 7.58. The monoisotopic (exact) mass is 182 g/mol. The van der Waals surface area contributed by atoms with Gasteiger partial charge in [-0.1, -0.05) is 25.2 Å². The molecule has 0 heterocycles. The predicted molar refractivity (Wildman–Crippen MR) is 57.5 cm³/mol. The van der Waals surface area contributed by atoms with Crippen LogP contribution in [0.2, 0.25) is 0 Å². The fourth-order valence-electron chi connectivity index (χ4n) is 1.02. The van der Waals surface area contributed by atoms with Gasteiger partial charge in [0.2, 0.25) is 0 Å². The van der Waals surface area contributed by atoms with E-state index in [-0.39, 0.29) is 6.67 Å². The van der Waals surface area contributed by atoms with Crippen LogP contribution in [0.1, 0.15) is 34.1 Å². The van der Waals surface area contributed by atoms with E-state index in [4.69, 9.17) is 0 Å². The van der Waals surface area contributed by atoms with E-state index in [0.717, 1.165) is 17.6 Å². The Balaban J connectivity index is 4.74. The zero-order valence-electron chi connectivity index (χ0n) is 9.02. The first-order valence-corrected chi connectivity index (χ1v) is 4.72. The molecule has 0 spiro atoms. The Labute approximate surface area is 80.9 Å². The predicted octanol–water partition coefficient (Wildman–Crippen LogP) is 4.20. The first-order chi connectivity index (χ1) is 6.15. The van der Waals surface area contributed by atoms with Crippen molar-refractivity contribution in [3.63, 3.8) is 0 Å². The molecule has 0 aromatic rings. The van der Waals surface area contributed by atoms with Gasteiger partial charge in [-0.15, -0.1) is 0 Å². The lowest BCUT2D eigenvalue weighted by Gasteiger charge is -2.03. The number of halogens is 1. The van der Waals surface area contributed by atoms with Crippen LogP contribution in [0.3, 0.4) is 0 Å². The summed E-state index contributed by atoms with van der Waals surface area (Å²) >= 11 is 0. The molecule has 0 saturated carbocycles. The first kappa shape index (κ1) is 12.2. The maximum Gasteiger partial charge on any atom is 0.111 e. The van der Waals surface area contributed by atoms with Crippen LogP contribution < -0.4 is 0 Å². The van der Waals surface area contributed by atoms with Crippen LogP contribution in [0.4, 0.5) is 4.39 Å². The summed E-state index contributed by atoms with van der Waals surface area (Å²) in [5.41, 5.74) is 3.12. The third kappa shape index (κ3) is 4.66. The molecule has 1 heteroatoms. The molecule has 0 aliphatic rings. The lowest BCUT2D eigenvalue weighted by Crippen LogP contribution is -1.85. The van der Waals surface area contributed by atoms with E-state index in [1.54, 1.807) is 0 Å². The average Bonchev–Trinajstić information content (AvgIpc) is 2.15. The number of hydrogen-bond donors (Lipinski definition) is 0. The second kappa shape index (κ2) is 6.64. The molecule has 0 unspecified atom stereocenters. The Kier molecular flexibility index (Phi) is 6.21. The number of alkyl halides is 1. The quantitative estimate of drug-likeness (QED) is 0.571. The molecule has 0 rings (SSSR count). The molecule has 0 atom stereocenters. The normalized spacial score (nSPS) is 15.0. The average molecular weight is 182 g/mol. The van der Waals surface area contributed by atoms with Gasteiger partial charge < -0.3 is 0 Å². The minimum absolute atomic E-state index is 0.363. The maximum atomic E-state index is 12.2. The topological polar surface area (TPSA) is 0 Å². The van der Waals surface area contributed by atoms with Gasteiger partial charge in [0.1, 0.15) is 6.67 Å². The van der Waals surface area contributed by atoms with Gasteiger partial charge in [0.05, 0.1) is 0 Å². The molecule has 0 nitrogen and oxygen atoms in total. The highest BCUT2D eigenvalue weighted by Gasteiger charge is 1.95. The third-order valence-corrected chi connectivity index (χ3v) is 1.93. The zero-order chi connectivity index (χ0) is 10.3. The zero-order valence-corrected chi connectivity index (χ0v) is 9.02. The molecule has 0 amide bonds. The maximum absolute atomic E-state index is 12.2. The van der Waals surface area contributed by atoms with Crippen LogP contribution in [-0.2, 0) is 0 Å². The molecule has 0 aliphatic heterocycles. The SMILES string of the molecule is C/C=C(C)/C(/C=C(/C)CF)=C/CC. The van der Waals surface area contributed by atoms with Crippen LogP contribution in [0.15, 0.2) is 34.9 Å². The summed E-state index contributed by atoms with van der Waals surface area (Å²) in [5.74, 6) is 0. The summed E-state index contributed by atoms with van der Waals surface area (Å²) in [6, 6.07) is 0. The van der Waals surface area contributed by atoms with Crippen molar-refractivity contribution >= 4 is 0 Å². The Morgan fingerprint density at radius 1 is 1.31 bits per heavy atom. The summed E-state index contributed by atoms with van der Waals surface area (Å²) in [6.07, 6.45) is 7.06. The molecule has 0 fully saturated rings. The van der Waals surface area contributed by atoms with Gasteiger partial charge in [-0.2, -0.15) is 0 Å². The van der Waals surface area contributed by atoms with Gasteiger partial charge in [0.15, 0.2) is 0 Å². The first-order valence-electron chi connectivity index (χ1n) is 4.72. The molecular formula is C12H19F. The molecular weight excluding hydrogens is 163 g/mol. The molecule has 0 aromatic carbocycles. The minimum atomic E-state index is -0.363. The summed E-state index contributed by atoms with van der Waals surface area (Å²) in [7, 11) is 0. The highest BCUT2D eigenvalue weighted by atomic mass is 19.1. The van der Waals surface area contributed by atoms with Gasteiger partial charge in [0.25, 0.3) is 0 Å². The van der Waals surface area contributed by atoms with Crippen molar-refractivity contribution < 1.29 is 4.39 Å². The van der Waals surface area contributed by atoms with Crippen molar-refractivity contribution in [2.45, 2.75) is 34.1 Å². The Morgan fingerprint density at radius 3 is 2.31 bits per heavy atom. The lowest BCUT2D eigenvalue weighted by atomic mass is 10.0. The van der Waals surface area contributed by atoms with E-state index in [1.807, 2.05) is 32.9 Å². The van der Waals surface area contributed by atoms with E-state index in [9.17, 15) is 4.39 Å². The summed E-state index contributed by atoms with van der Waals surface area (Å²) < 4.78 is 12.2. The fraction of sp³-hybridized carbons (Fsp3) is 0.500. The Hall–Kier alpha value is -0.850. The van der Waals surface area contributed by atoms with Crippen LogP contribution in [0.25, 0.3) is 0 Å². The third-order valence-electron chi connectivity index (χ3n) is 1.93. The van der Waals surface area contributed by atoms with E-state index in [2.05, 4.69) is 13.0 Å². The van der Waals surface area contributed by atoms with E-state index in [0.29, 0.717) is 0 Å². The largest absolute Gasteiger partial charge is 0.246 e. The number of rotatable bonds is 4. The van der Waals surface area contributed by atoms with Gasteiger partial charge >= 0.3 is 0 Å². The van der Waals surface area contributed by atoms with Gasteiger partial charge in [-0.05, 0) is 43.9 Å². The van der Waals surface area contributed by atoms with Crippen molar-refractivity contribution in [2.75, 3.05) is 6.67 Å². The molecule has 0 bridgehead atoms. The molecule has 74 valence electrons. The molecule has 0 saturated heterocycles. The van der Waals surface area contributed by atoms with Gasteiger partial charge in [-0.3, -0.25) is 0 Å². The smallest absolute Gasteiger partial charge is 0.111 e. The molecule has 0 aromatic heterocycles. The van der Waals surface area contributed by atoms with Gasteiger partial charge in [0, 0.05) is 0 Å². The Morgan fingerprint density at radius 2 is 1.92 bits per heavy atom. The molecule has 0 aliphatic carbocycles. The Bertz CT molecular complexity index is 232. The highest BCUT2D eigenvalue weighted by Crippen LogP contribution is 2.14. The summed E-state index contributed by atoms with van der Waals surface area (Å²) in [4.78, 5) is 0. The number of hydrogen-bond acceptors (Lipinski definition) is 0. The van der Waals surface area contributed by atoms with Crippen molar-refractivity contribution in [3.05, 3.63) is 34.9 Å². The molecule has 13 heavy (non-hydrogen) atoms. The summed E-state index contributed by atoms with van der Waals surface area (Å²) in [5, 5.41) is 0. The van der Waals surface area contributed by atoms with Crippen LogP contribution >= 0.6 is 0 Å². The highest BCUT2D eigenvalue weighted by molar-refractivity contribution is 5.39. The van der Waals surface area contributed by atoms with Crippen LogP contribution in [0, 0.1) is 0 Å².